The molecule has 0 spiro atoms. The van der Waals surface area contributed by atoms with Gasteiger partial charge in [-0.1, -0.05) is 104 Å². The lowest BCUT2D eigenvalue weighted by Gasteiger charge is -2.33. The van der Waals surface area contributed by atoms with Crippen molar-refractivity contribution >= 4 is 20.4 Å². The third-order valence-electron chi connectivity index (χ3n) is 6.93. The van der Waals surface area contributed by atoms with Gasteiger partial charge in [-0.3, -0.25) is 0 Å². The first kappa shape index (κ1) is 22.5. The largest absolute Gasteiger partial charge is 0.234 e. The van der Waals surface area contributed by atoms with Crippen molar-refractivity contribution in [2.45, 2.75) is 69.2 Å². The standard InChI is InChI=1S/C28H33ClFSi/c1-2-3-6-17-31-18-14-22(15-19-31)24-10-8-16-28(30,21-24)27-13-5-4-12-26(27)23-9-7-11-25(29)20-23/h4-5,7-13,20-22H,2-3,6,14-19H2,1H3. The fraction of sp³-hybridized carbons (Fsp3) is 0.429. The molecule has 31 heavy (non-hydrogen) atoms. The van der Waals surface area contributed by atoms with Crippen molar-refractivity contribution in [1.82, 2.24) is 0 Å². The van der Waals surface area contributed by atoms with Crippen LogP contribution in [0.3, 0.4) is 0 Å². The van der Waals surface area contributed by atoms with E-state index in [2.05, 4.69) is 13.0 Å². The number of hydrogen-bond acceptors (Lipinski definition) is 0. The van der Waals surface area contributed by atoms with Crippen LogP contribution in [-0.2, 0) is 5.67 Å². The van der Waals surface area contributed by atoms with E-state index in [0.717, 1.165) is 16.7 Å². The highest BCUT2D eigenvalue weighted by Gasteiger charge is 2.35. The van der Waals surface area contributed by atoms with Gasteiger partial charge in [0.15, 0.2) is 5.67 Å². The van der Waals surface area contributed by atoms with Crippen LogP contribution >= 0.6 is 11.6 Å². The molecular formula is C28H33ClFSi. The van der Waals surface area contributed by atoms with Crippen LogP contribution in [0, 0.1) is 5.92 Å². The Morgan fingerprint density at radius 2 is 1.87 bits per heavy atom. The van der Waals surface area contributed by atoms with Crippen molar-refractivity contribution < 1.29 is 4.39 Å². The molecule has 1 heterocycles. The Kier molecular flexibility index (Phi) is 7.50. The van der Waals surface area contributed by atoms with E-state index in [1.165, 1.54) is 55.8 Å². The number of unbranched alkanes of at least 4 members (excludes halogenated alkanes) is 2. The van der Waals surface area contributed by atoms with Gasteiger partial charge in [0.05, 0.1) is 0 Å². The van der Waals surface area contributed by atoms with Crippen molar-refractivity contribution in [1.29, 1.82) is 0 Å². The number of alkyl halides is 1. The molecule has 1 aliphatic heterocycles. The molecule has 4 rings (SSSR count). The quantitative estimate of drug-likeness (QED) is 0.290. The summed E-state index contributed by atoms with van der Waals surface area (Å²) in [6.07, 6.45) is 13.2. The maximum Gasteiger partial charge on any atom is 0.158 e. The summed E-state index contributed by atoms with van der Waals surface area (Å²) < 4.78 is 16.5. The van der Waals surface area contributed by atoms with Crippen LogP contribution in [0.5, 0.6) is 0 Å². The zero-order valence-electron chi connectivity index (χ0n) is 18.5. The monoisotopic (exact) mass is 451 g/mol. The van der Waals surface area contributed by atoms with Gasteiger partial charge in [-0.15, -0.1) is 0 Å². The van der Waals surface area contributed by atoms with Crippen LogP contribution in [0.2, 0.25) is 23.2 Å². The Bertz CT molecular complexity index is 942. The van der Waals surface area contributed by atoms with Crippen molar-refractivity contribution in [2.75, 3.05) is 0 Å². The van der Waals surface area contributed by atoms with Crippen molar-refractivity contribution in [3.8, 4) is 11.1 Å². The molecular weight excluding hydrogens is 419 g/mol. The number of halogens is 2. The number of hydrogen-bond donors (Lipinski definition) is 0. The molecule has 2 aromatic carbocycles. The van der Waals surface area contributed by atoms with Gasteiger partial charge in [0.25, 0.3) is 0 Å². The van der Waals surface area contributed by atoms with Crippen LogP contribution in [0.4, 0.5) is 4.39 Å². The first-order chi connectivity index (χ1) is 15.1. The second-order valence-corrected chi connectivity index (χ2v) is 12.6. The summed E-state index contributed by atoms with van der Waals surface area (Å²) in [7, 11) is -0.175. The second kappa shape index (κ2) is 10.3. The zero-order valence-corrected chi connectivity index (χ0v) is 20.3. The molecule has 0 bridgehead atoms. The molecule has 3 heteroatoms. The molecule has 0 aromatic heterocycles. The van der Waals surface area contributed by atoms with Gasteiger partial charge in [0, 0.05) is 25.8 Å². The average Bonchev–Trinajstić information content (AvgIpc) is 2.80. The SMILES string of the molecule is CCCCC[Si]1CCC(C2=CC(F)(c3ccccc3-c3cccc(Cl)c3)CC=C2)CC1. The third-order valence-corrected chi connectivity index (χ3v) is 10.2. The second-order valence-electron chi connectivity index (χ2n) is 9.15. The Balaban J connectivity index is 1.54. The lowest BCUT2D eigenvalue weighted by molar-refractivity contribution is 0.233. The fourth-order valence-electron chi connectivity index (χ4n) is 5.17. The number of benzene rings is 2. The molecule has 0 nitrogen and oxygen atoms in total. The fourth-order valence-corrected chi connectivity index (χ4v) is 8.37. The van der Waals surface area contributed by atoms with E-state index in [1.54, 1.807) is 0 Å². The predicted molar refractivity (Wildman–Crippen MR) is 134 cm³/mol. The van der Waals surface area contributed by atoms with E-state index in [9.17, 15) is 0 Å². The zero-order chi connectivity index (χ0) is 21.7. The summed E-state index contributed by atoms with van der Waals surface area (Å²) >= 11 is 6.23. The topological polar surface area (TPSA) is 0 Å². The highest BCUT2D eigenvalue weighted by molar-refractivity contribution is 6.59. The molecule has 1 radical (unpaired) electrons. The summed E-state index contributed by atoms with van der Waals surface area (Å²) in [5.74, 6) is 0.518. The van der Waals surface area contributed by atoms with Gasteiger partial charge in [0.1, 0.15) is 0 Å². The molecule has 1 unspecified atom stereocenters. The van der Waals surface area contributed by atoms with Gasteiger partial charge in [-0.2, -0.15) is 0 Å². The van der Waals surface area contributed by atoms with E-state index < -0.39 is 5.67 Å². The van der Waals surface area contributed by atoms with Gasteiger partial charge < -0.3 is 0 Å². The van der Waals surface area contributed by atoms with E-state index in [-0.39, 0.29) is 8.80 Å². The van der Waals surface area contributed by atoms with Gasteiger partial charge in [0.2, 0.25) is 0 Å². The maximum atomic E-state index is 16.5. The maximum absolute atomic E-state index is 16.5. The number of rotatable bonds is 7. The van der Waals surface area contributed by atoms with E-state index in [1.807, 2.05) is 60.7 Å². The summed E-state index contributed by atoms with van der Waals surface area (Å²) in [4.78, 5) is 0. The lowest BCUT2D eigenvalue weighted by Crippen LogP contribution is -2.25. The van der Waals surface area contributed by atoms with Crippen LogP contribution in [0.25, 0.3) is 11.1 Å². The summed E-state index contributed by atoms with van der Waals surface area (Å²) in [5.41, 5.74) is 2.41. The van der Waals surface area contributed by atoms with Crippen molar-refractivity contribution in [2.24, 2.45) is 5.92 Å². The van der Waals surface area contributed by atoms with E-state index >= 15 is 4.39 Å². The molecule has 1 aliphatic carbocycles. The van der Waals surface area contributed by atoms with E-state index in [4.69, 9.17) is 11.6 Å². The molecule has 2 aliphatic rings. The molecule has 2 aromatic rings. The highest BCUT2D eigenvalue weighted by atomic mass is 35.5. The Morgan fingerprint density at radius 1 is 1.06 bits per heavy atom. The molecule has 1 saturated heterocycles. The summed E-state index contributed by atoms with van der Waals surface area (Å²) in [5, 5.41) is 0.679. The number of allylic oxidation sites excluding steroid dienone is 4. The van der Waals surface area contributed by atoms with Crippen molar-refractivity contribution in [3.63, 3.8) is 0 Å². The van der Waals surface area contributed by atoms with Gasteiger partial charge in [-0.05, 0) is 53.7 Å². The average molecular weight is 452 g/mol. The van der Waals surface area contributed by atoms with Gasteiger partial charge >= 0.3 is 0 Å². The van der Waals surface area contributed by atoms with Crippen LogP contribution in [0.15, 0.2) is 72.3 Å². The minimum atomic E-state index is -1.46. The third kappa shape index (κ3) is 5.41. The molecule has 0 amide bonds. The summed E-state index contributed by atoms with van der Waals surface area (Å²) in [6, 6.07) is 19.9. The first-order valence-corrected chi connectivity index (χ1v) is 14.4. The Hall–Kier alpha value is -1.64. The van der Waals surface area contributed by atoms with Crippen LogP contribution < -0.4 is 0 Å². The van der Waals surface area contributed by atoms with Crippen LogP contribution in [-0.4, -0.2) is 8.80 Å². The normalized spacial score (nSPS) is 22.5. The molecule has 163 valence electrons. The molecule has 1 atom stereocenters. The molecule has 0 saturated carbocycles. The highest BCUT2D eigenvalue weighted by Crippen LogP contribution is 2.44. The van der Waals surface area contributed by atoms with Gasteiger partial charge in [-0.25, -0.2) is 4.39 Å². The van der Waals surface area contributed by atoms with E-state index in [0.29, 0.717) is 17.4 Å². The summed E-state index contributed by atoms with van der Waals surface area (Å²) in [6.45, 7) is 2.28. The minimum absolute atomic E-state index is 0.175. The minimum Gasteiger partial charge on any atom is -0.234 e. The van der Waals surface area contributed by atoms with Crippen molar-refractivity contribution in [3.05, 3.63) is 82.9 Å². The van der Waals surface area contributed by atoms with Crippen LogP contribution in [0.1, 0.15) is 51.0 Å². The smallest absolute Gasteiger partial charge is 0.158 e. The molecule has 0 N–H and O–H groups in total. The predicted octanol–water partition coefficient (Wildman–Crippen LogP) is 9.15. The first-order valence-electron chi connectivity index (χ1n) is 11.9. The lowest BCUT2D eigenvalue weighted by atomic mass is 9.79. The Morgan fingerprint density at radius 3 is 2.65 bits per heavy atom. The Labute approximate surface area is 193 Å². The molecule has 1 fully saturated rings.